The Labute approximate surface area is 123 Å². The first-order chi connectivity index (χ1) is 10.1. The summed E-state index contributed by atoms with van der Waals surface area (Å²) in [5, 5.41) is 8.91. The number of rotatable bonds is 4. The average Bonchev–Trinajstić information content (AvgIpc) is 2.50. The zero-order valence-electron chi connectivity index (χ0n) is 11.7. The molecule has 0 radical (unpaired) electrons. The molecule has 0 bridgehead atoms. The Hall–Kier alpha value is -2.67. The van der Waals surface area contributed by atoms with E-state index in [2.05, 4.69) is 0 Å². The van der Waals surface area contributed by atoms with E-state index < -0.39 is 0 Å². The monoisotopic (exact) mass is 282 g/mol. The first kappa shape index (κ1) is 14.7. The fourth-order valence-corrected chi connectivity index (χ4v) is 2.05. The van der Waals surface area contributed by atoms with Gasteiger partial charge in [-0.3, -0.25) is 4.79 Å². The van der Waals surface area contributed by atoms with Gasteiger partial charge in [-0.05, 0) is 36.2 Å². The van der Waals surface area contributed by atoms with Gasteiger partial charge in [0, 0.05) is 12.1 Å². The van der Waals surface area contributed by atoms with Gasteiger partial charge in [-0.25, -0.2) is 4.39 Å². The van der Waals surface area contributed by atoms with Gasteiger partial charge in [0.25, 0.3) is 5.91 Å². The third-order valence-corrected chi connectivity index (χ3v) is 3.17. The van der Waals surface area contributed by atoms with Crippen LogP contribution in [0.15, 0.2) is 48.5 Å². The summed E-state index contributed by atoms with van der Waals surface area (Å²) < 4.78 is 13.3. The molecule has 3 nitrogen and oxygen atoms in total. The predicted molar refractivity (Wildman–Crippen MR) is 77.9 cm³/mol. The zero-order chi connectivity index (χ0) is 15.2. The van der Waals surface area contributed by atoms with E-state index in [0.717, 1.165) is 5.56 Å². The second kappa shape index (κ2) is 6.67. The first-order valence-corrected chi connectivity index (χ1v) is 6.58. The van der Waals surface area contributed by atoms with Gasteiger partial charge >= 0.3 is 0 Å². The van der Waals surface area contributed by atoms with Crippen LogP contribution in [0.25, 0.3) is 0 Å². The number of halogens is 1. The van der Waals surface area contributed by atoms with E-state index in [4.69, 9.17) is 5.26 Å². The van der Waals surface area contributed by atoms with Crippen LogP contribution in [0.4, 0.5) is 4.39 Å². The molecule has 0 aliphatic heterocycles. The molecule has 0 saturated heterocycles. The second-order valence-corrected chi connectivity index (χ2v) is 4.77. The highest BCUT2D eigenvalue weighted by Gasteiger charge is 2.16. The summed E-state index contributed by atoms with van der Waals surface area (Å²) in [7, 11) is 0. The highest BCUT2D eigenvalue weighted by molar-refractivity contribution is 5.94. The second-order valence-electron chi connectivity index (χ2n) is 4.77. The van der Waals surface area contributed by atoms with Crippen LogP contribution in [0.2, 0.25) is 0 Å². The van der Waals surface area contributed by atoms with Crippen LogP contribution < -0.4 is 0 Å². The van der Waals surface area contributed by atoms with Gasteiger partial charge in [0.2, 0.25) is 0 Å². The number of hydrogen-bond acceptors (Lipinski definition) is 2. The molecule has 2 aromatic carbocycles. The van der Waals surface area contributed by atoms with Crippen molar-refractivity contribution >= 4 is 5.91 Å². The number of amides is 1. The topological polar surface area (TPSA) is 44.1 Å². The third-order valence-electron chi connectivity index (χ3n) is 3.17. The molecule has 106 valence electrons. The lowest BCUT2D eigenvalue weighted by atomic mass is 10.1. The number of carbonyl (C=O) groups is 1. The molecular weight excluding hydrogens is 267 g/mol. The quantitative estimate of drug-likeness (QED) is 0.808. The molecule has 0 aliphatic carbocycles. The van der Waals surface area contributed by atoms with Crippen LogP contribution in [0.5, 0.6) is 0 Å². The van der Waals surface area contributed by atoms with Crippen molar-refractivity contribution in [2.24, 2.45) is 0 Å². The van der Waals surface area contributed by atoms with Crippen LogP contribution in [0.3, 0.4) is 0 Å². The largest absolute Gasteiger partial charge is 0.321 e. The first-order valence-electron chi connectivity index (χ1n) is 6.58. The van der Waals surface area contributed by atoms with Gasteiger partial charge in [0.15, 0.2) is 0 Å². The fourth-order valence-electron chi connectivity index (χ4n) is 2.05. The summed E-state index contributed by atoms with van der Waals surface area (Å²) >= 11 is 0. The highest BCUT2D eigenvalue weighted by atomic mass is 19.1. The normalized spacial score (nSPS) is 9.95. The number of nitriles is 1. The van der Waals surface area contributed by atoms with E-state index in [1.165, 1.54) is 23.1 Å². The third kappa shape index (κ3) is 3.67. The maximum atomic E-state index is 13.3. The number of benzene rings is 2. The SMILES string of the molecule is Cc1cc(C(=O)N(CC#N)Cc2ccccc2)ccc1F. The summed E-state index contributed by atoms with van der Waals surface area (Å²) in [5.41, 5.74) is 1.75. The van der Waals surface area contributed by atoms with Crippen LogP contribution in [0.1, 0.15) is 21.5 Å². The Morgan fingerprint density at radius 3 is 2.57 bits per heavy atom. The van der Waals surface area contributed by atoms with E-state index in [9.17, 15) is 9.18 Å². The van der Waals surface area contributed by atoms with Crippen molar-refractivity contribution < 1.29 is 9.18 Å². The van der Waals surface area contributed by atoms with Crippen molar-refractivity contribution in [2.75, 3.05) is 6.54 Å². The highest BCUT2D eigenvalue weighted by Crippen LogP contribution is 2.13. The molecule has 21 heavy (non-hydrogen) atoms. The molecule has 2 aromatic rings. The maximum absolute atomic E-state index is 13.3. The van der Waals surface area contributed by atoms with Gasteiger partial charge in [-0.15, -0.1) is 0 Å². The minimum absolute atomic E-state index is 0.00977. The summed E-state index contributed by atoms with van der Waals surface area (Å²) in [4.78, 5) is 13.9. The molecule has 0 saturated carbocycles. The van der Waals surface area contributed by atoms with Gasteiger partial charge < -0.3 is 4.90 Å². The standard InChI is InChI=1S/C17H15FN2O/c1-13-11-15(7-8-16(13)18)17(21)20(10-9-19)12-14-5-3-2-4-6-14/h2-8,11H,10,12H2,1H3. The number of hydrogen-bond donors (Lipinski definition) is 0. The zero-order valence-corrected chi connectivity index (χ0v) is 11.7. The van der Waals surface area contributed by atoms with Crippen molar-refractivity contribution in [1.82, 2.24) is 4.90 Å². The van der Waals surface area contributed by atoms with Crippen molar-refractivity contribution in [3.05, 3.63) is 71.0 Å². The maximum Gasteiger partial charge on any atom is 0.255 e. The number of nitrogens with zero attached hydrogens (tertiary/aromatic N) is 2. The van der Waals surface area contributed by atoms with Gasteiger partial charge in [-0.1, -0.05) is 30.3 Å². The molecule has 0 fully saturated rings. The Balaban J connectivity index is 2.23. The average molecular weight is 282 g/mol. The number of aryl methyl sites for hydroxylation is 1. The van der Waals surface area contributed by atoms with Crippen molar-refractivity contribution in [3.63, 3.8) is 0 Å². The Bertz CT molecular complexity index is 677. The summed E-state index contributed by atoms with van der Waals surface area (Å²) in [5.74, 6) is -0.620. The van der Waals surface area contributed by atoms with Gasteiger partial charge in [0.1, 0.15) is 12.4 Å². The molecule has 0 heterocycles. The van der Waals surface area contributed by atoms with Gasteiger partial charge in [0.05, 0.1) is 6.07 Å². The van der Waals surface area contributed by atoms with E-state index in [1.54, 1.807) is 6.92 Å². The summed E-state index contributed by atoms with van der Waals surface area (Å²) in [6, 6.07) is 15.7. The van der Waals surface area contributed by atoms with E-state index in [-0.39, 0.29) is 18.3 Å². The molecule has 1 amide bonds. The van der Waals surface area contributed by atoms with Crippen LogP contribution in [-0.4, -0.2) is 17.4 Å². The van der Waals surface area contributed by atoms with Crippen LogP contribution in [-0.2, 0) is 6.54 Å². The summed E-state index contributed by atoms with van der Waals surface area (Å²) in [6.45, 7) is 1.95. The molecule has 0 aromatic heterocycles. The van der Waals surface area contributed by atoms with Crippen molar-refractivity contribution in [3.8, 4) is 6.07 Å². The molecule has 0 N–H and O–H groups in total. The van der Waals surface area contributed by atoms with Crippen molar-refractivity contribution in [2.45, 2.75) is 13.5 Å². The van der Waals surface area contributed by atoms with Crippen LogP contribution >= 0.6 is 0 Å². The van der Waals surface area contributed by atoms with Crippen molar-refractivity contribution in [1.29, 1.82) is 5.26 Å². The molecule has 4 heteroatoms. The molecule has 0 aliphatic rings. The summed E-state index contributed by atoms with van der Waals surface area (Å²) in [6.07, 6.45) is 0. The Kier molecular flexibility index (Phi) is 4.68. The lowest BCUT2D eigenvalue weighted by Crippen LogP contribution is -2.31. The smallest absolute Gasteiger partial charge is 0.255 e. The number of carbonyl (C=O) groups excluding carboxylic acids is 1. The van der Waals surface area contributed by atoms with E-state index in [1.807, 2.05) is 36.4 Å². The van der Waals surface area contributed by atoms with Gasteiger partial charge in [-0.2, -0.15) is 5.26 Å². The minimum atomic E-state index is -0.346. The Morgan fingerprint density at radius 1 is 1.24 bits per heavy atom. The molecule has 0 spiro atoms. The van der Waals surface area contributed by atoms with E-state index in [0.29, 0.717) is 17.7 Å². The molecule has 0 atom stereocenters. The predicted octanol–water partition coefficient (Wildman–Crippen LogP) is 3.30. The molecule has 0 unspecified atom stereocenters. The Morgan fingerprint density at radius 2 is 1.95 bits per heavy atom. The van der Waals surface area contributed by atoms with Crippen LogP contribution in [0, 0.1) is 24.1 Å². The lowest BCUT2D eigenvalue weighted by Gasteiger charge is -2.20. The lowest BCUT2D eigenvalue weighted by molar-refractivity contribution is 0.0765. The molecule has 2 rings (SSSR count). The fraction of sp³-hybridized carbons (Fsp3) is 0.176. The molecular formula is C17H15FN2O. The van der Waals surface area contributed by atoms with E-state index >= 15 is 0 Å². The minimum Gasteiger partial charge on any atom is -0.321 e.